The molecule has 0 atom stereocenters. The molecule has 2 aromatic carbocycles. The third kappa shape index (κ3) is 6.67. The minimum Gasteiger partial charge on any atom is -0.140 e. The summed E-state index contributed by atoms with van der Waals surface area (Å²) in [5.41, 5.74) is 5.64. The van der Waals surface area contributed by atoms with Crippen LogP contribution in [-0.2, 0) is 8.16 Å². The Bertz CT molecular complexity index is 659. The molecule has 0 unspecified atom stereocenters. The molecule has 0 spiro atoms. The molecule has 166 valence electrons. The number of hydrogen-bond acceptors (Lipinski definition) is 4. The van der Waals surface area contributed by atoms with E-state index in [0.29, 0.717) is 0 Å². The normalized spacial score (nSPS) is 12.3. The summed E-state index contributed by atoms with van der Waals surface area (Å²) in [4.78, 5) is 0. The Balaban J connectivity index is 2.44. The van der Waals surface area contributed by atoms with Crippen LogP contribution in [0.1, 0.15) is 62.8 Å². The van der Waals surface area contributed by atoms with Crippen molar-refractivity contribution < 1.29 is 0 Å². The number of benzene rings is 2. The average molecular weight is 479 g/mol. The molecule has 0 nitrogen and oxygen atoms in total. The SMILES string of the molecule is CCSC(CCC(SCC)(SCC)c1ccc(C)cc1)(SCC)c1ccc(C)cc1. The van der Waals surface area contributed by atoms with Crippen LogP contribution in [0.5, 0.6) is 0 Å². The fourth-order valence-corrected chi connectivity index (χ4v) is 10.0. The van der Waals surface area contributed by atoms with Gasteiger partial charge in [0, 0.05) is 0 Å². The second-order valence-corrected chi connectivity index (χ2v) is 14.2. The standard InChI is InChI=1S/C26H38S4/c1-7-27-25(28-8-2,23-15-11-21(5)12-16-23)19-20-26(29-9-3,30-10-4)24-17-13-22(6)14-18-24/h11-18H,7-10,19-20H2,1-6H3. The molecule has 2 rings (SSSR count). The zero-order valence-electron chi connectivity index (χ0n) is 19.5. The van der Waals surface area contributed by atoms with Crippen LogP contribution in [0.25, 0.3) is 0 Å². The van der Waals surface area contributed by atoms with Gasteiger partial charge in [0.25, 0.3) is 0 Å². The highest BCUT2D eigenvalue weighted by Crippen LogP contribution is 2.56. The maximum Gasteiger partial charge on any atom is 0.0860 e. The van der Waals surface area contributed by atoms with Crippen LogP contribution < -0.4 is 0 Å². The van der Waals surface area contributed by atoms with Crippen molar-refractivity contribution in [2.75, 3.05) is 23.0 Å². The van der Waals surface area contributed by atoms with Crippen molar-refractivity contribution in [1.82, 2.24) is 0 Å². The van der Waals surface area contributed by atoms with E-state index >= 15 is 0 Å². The smallest absolute Gasteiger partial charge is 0.0860 e. The van der Waals surface area contributed by atoms with Crippen molar-refractivity contribution in [1.29, 1.82) is 0 Å². The van der Waals surface area contributed by atoms with E-state index in [-0.39, 0.29) is 8.16 Å². The van der Waals surface area contributed by atoms with Gasteiger partial charge in [0.2, 0.25) is 0 Å². The highest BCUT2D eigenvalue weighted by Gasteiger charge is 2.39. The molecule has 0 N–H and O–H groups in total. The molecule has 0 bridgehead atoms. The van der Waals surface area contributed by atoms with Crippen LogP contribution in [0.3, 0.4) is 0 Å². The van der Waals surface area contributed by atoms with Crippen LogP contribution >= 0.6 is 47.0 Å². The van der Waals surface area contributed by atoms with Gasteiger partial charge in [-0.1, -0.05) is 87.4 Å². The minimum absolute atomic E-state index is 0.121. The summed E-state index contributed by atoms with van der Waals surface area (Å²) in [5.74, 6) is 4.56. The first-order valence-corrected chi connectivity index (χ1v) is 15.1. The van der Waals surface area contributed by atoms with E-state index < -0.39 is 0 Å². The Labute approximate surface area is 202 Å². The van der Waals surface area contributed by atoms with E-state index in [4.69, 9.17) is 0 Å². The van der Waals surface area contributed by atoms with Crippen molar-refractivity contribution in [3.63, 3.8) is 0 Å². The Hall–Kier alpha value is -0.160. The first-order chi connectivity index (χ1) is 14.4. The minimum atomic E-state index is 0.121. The second-order valence-electron chi connectivity index (χ2n) is 7.47. The third-order valence-corrected chi connectivity index (χ3v) is 11.5. The number of hydrogen-bond donors (Lipinski definition) is 0. The lowest BCUT2D eigenvalue weighted by Gasteiger charge is -2.39. The highest BCUT2D eigenvalue weighted by atomic mass is 32.2. The monoisotopic (exact) mass is 478 g/mol. The summed E-state index contributed by atoms with van der Waals surface area (Å²) in [6.45, 7) is 13.6. The maximum atomic E-state index is 2.37. The molecule has 0 saturated carbocycles. The van der Waals surface area contributed by atoms with Gasteiger partial charge in [0.15, 0.2) is 0 Å². The fourth-order valence-electron chi connectivity index (χ4n) is 3.87. The molecule has 0 aliphatic carbocycles. The van der Waals surface area contributed by atoms with E-state index in [1.165, 1.54) is 35.1 Å². The number of rotatable bonds is 13. The zero-order chi connectivity index (χ0) is 22.0. The van der Waals surface area contributed by atoms with Gasteiger partial charge in [-0.05, 0) is 60.8 Å². The molecule has 30 heavy (non-hydrogen) atoms. The van der Waals surface area contributed by atoms with E-state index in [1.54, 1.807) is 0 Å². The van der Waals surface area contributed by atoms with Gasteiger partial charge in [-0.3, -0.25) is 0 Å². The van der Waals surface area contributed by atoms with Crippen LogP contribution in [0.2, 0.25) is 0 Å². The van der Waals surface area contributed by atoms with Gasteiger partial charge < -0.3 is 0 Å². The largest absolute Gasteiger partial charge is 0.140 e. The van der Waals surface area contributed by atoms with E-state index in [1.807, 2.05) is 0 Å². The van der Waals surface area contributed by atoms with Crippen LogP contribution in [0.4, 0.5) is 0 Å². The van der Waals surface area contributed by atoms with Crippen LogP contribution in [-0.4, -0.2) is 23.0 Å². The van der Waals surface area contributed by atoms with E-state index in [0.717, 1.165) is 23.0 Å². The highest BCUT2D eigenvalue weighted by molar-refractivity contribution is 8.18. The maximum absolute atomic E-state index is 2.37. The quantitative estimate of drug-likeness (QED) is 0.263. The molecule has 0 radical (unpaired) electrons. The summed E-state index contributed by atoms with van der Waals surface area (Å²) in [5, 5.41) is 0. The summed E-state index contributed by atoms with van der Waals surface area (Å²) in [6.07, 6.45) is 2.36. The predicted molar refractivity (Wildman–Crippen MR) is 147 cm³/mol. The molecular weight excluding hydrogens is 441 g/mol. The number of thioether (sulfide) groups is 4. The van der Waals surface area contributed by atoms with Gasteiger partial charge in [-0.2, -0.15) is 0 Å². The van der Waals surface area contributed by atoms with E-state index in [9.17, 15) is 0 Å². The molecule has 0 aliphatic heterocycles. The van der Waals surface area contributed by atoms with E-state index in [2.05, 4.69) is 137 Å². The summed E-state index contributed by atoms with van der Waals surface area (Å²) >= 11 is 8.51. The van der Waals surface area contributed by atoms with Crippen molar-refractivity contribution >= 4 is 47.0 Å². The Morgan fingerprint density at radius 1 is 0.500 bits per heavy atom. The molecule has 2 aromatic rings. The van der Waals surface area contributed by atoms with Crippen molar-refractivity contribution in [3.8, 4) is 0 Å². The molecule has 0 aromatic heterocycles. The van der Waals surface area contributed by atoms with Crippen molar-refractivity contribution in [2.24, 2.45) is 0 Å². The van der Waals surface area contributed by atoms with Gasteiger partial charge in [-0.25, -0.2) is 0 Å². The second kappa shape index (κ2) is 12.8. The summed E-state index contributed by atoms with van der Waals surface area (Å²) < 4.78 is 0.242. The molecule has 0 fully saturated rings. The Morgan fingerprint density at radius 3 is 1.00 bits per heavy atom. The zero-order valence-corrected chi connectivity index (χ0v) is 22.8. The number of aryl methyl sites for hydroxylation is 2. The molecule has 0 aliphatic rings. The van der Waals surface area contributed by atoms with Gasteiger partial charge in [-0.15, -0.1) is 47.0 Å². The molecular formula is C26H38S4. The lowest BCUT2D eigenvalue weighted by molar-refractivity contribution is 0.652. The third-order valence-electron chi connectivity index (χ3n) is 5.28. The first kappa shape index (κ1) is 26.1. The fraction of sp³-hybridized carbons (Fsp3) is 0.538. The molecule has 0 heterocycles. The lowest BCUT2D eigenvalue weighted by atomic mass is 10.0. The summed E-state index contributed by atoms with van der Waals surface area (Å²) in [6, 6.07) is 18.6. The first-order valence-electron chi connectivity index (χ1n) is 11.1. The average Bonchev–Trinajstić information content (AvgIpc) is 2.73. The van der Waals surface area contributed by atoms with Gasteiger partial charge in [0.1, 0.15) is 0 Å². The van der Waals surface area contributed by atoms with Crippen molar-refractivity contribution in [2.45, 2.75) is 62.5 Å². The lowest BCUT2D eigenvalue weighted by Crippen LogP contribution is -2.26. The molecule has 0 amide bonds. The summed E-state index contributed by atoms with van der Waals surface area (Å²) in [7, 11) is 0. The molecule has 0 saturated heterocycles. The predicted octanol–water partition coefficient (Wildman–Crippen LogP) is 9.10. The van der Waals surface area contributed by atoms with Gasteiger partial charge in [0.05, 0.1) is 8.16 Å². The topological polar surface area (TPSA) is 0 Å². The molecule has 4 heteroatoms. The van der Waals surface area contributed by atoms with Crippen molar-refractivity contribution in [3.05, 3.63) is 70.8 Å². The van der Waals surface area contributed by atoms with Crippen LogP contribution in [0, 0.1) is 13.8 Å². The Kier molecular flexibility index (Phi) is 11.1. The Morgan fingerprint density at radius 2 is 0.767 bits per heavy atom. The van der Waals surface area contributed by atoms with Gasteiger partial charge >= 0.3 is 0 Å². The van der Waals surface area contributed by atoms with Crippen LogP contribution in [0.15, 0.2) is 48.5 Å².